The van der Waals surface area contributed by atoms with Gasteiger partial charge in [-0.25, -0.2) is 14.8 Å². The number of hydrogen-bond acceptors (Lipinski definition) is 6. The first-order chi connectivity index (χ1) is 12.6. The summed E-state index contributed by atoms with van der Waals surface area (Å²) in [5.41, 5.74) is 2.28. The van der Waals surface area contributed by atoms with Gasteiger partial charge in [0.25, 0.3) is 0 Å². The van der Waals surface area contributed by atoms with Crippen LogP contribution in [0.3, 0.4) is 0 Å². The molecule has 0 saturated heterocycles. The number of fused-ring (bicyclic) bond motifs is 1. The molecule has 0 atom stereocenters. The minimum Gasteiger partial charge on any atom is -0.476 e. The number of hydrogen-bond donors (Lipinski definition) is 1. The minimum atomic E-state index is -1.10. The maximum atomic E-state index is 11.1. The van der Waals surface area contributed by atoms with Crippen LogP contribution in [0.4, 0.5) is 0 Å². The van der Waals surface area contributed by atoms with Crippen LogP contribution < -0.4 is 0 Å². The highest BCUT2D eigenvalue weighted by Gasteiger charge is 2.12. The number of carboxylic acids is 1. The lowest BCUT2D eigenvalue weighted by molar-refractivity contribution is 0.0689. The summed E-state index contributed by atoms with van der Waals surface area (Å²) in [6, 6.07) is 10.7. The van der Waals surface area contributed by atoms with Crippen molar-refractivity contribution in [2.75, 3.05) is 0 Å². The Morgan fingerprint density at radius 3 is 2.69 bits per heavy atom. The SMILES string of the molecule is O=C(O)c1ccc2nnc(Cc3cccc(-c4ncc(Br)cn4)c3)n2n1. The average molecular weight is 411 g/mol. The van der Waals surface area contributed by atoms with E-state index in [1.54, 1.807) is 18.5 Å². The van der Waals surface area contributed by atoms with Gasteiger partial charge < -0.3 is 5.11 Å². The zero-order valence-corrected chi connectivity index (χ0v) is 14.8. The van der Waals surface area contributed by atoms with Gasteiger partial charge in [-0.2, -0.15) is 9.61 Å². The Hall–Kier alpha value is -3.20. The zero-order valence-electron chi connectivity index (χ0n) is 13.2. The van der Waals surface area contributed by atoms with E-state index < -0.39 is 5.97 Å². The second kappa shape index (κ2) is 6.60. The van der Waals surface area contributed by atoms with Crippen LogP contribution >= 0.6 is 15.9 Å². The van der Waals surface area contributed by atoms with Gasteiger partial charge in [0.15, 0.2) is 23.0 Å². The van der Waals surface area contributed by atoms with Crippen molar-refractivity contribution in [1.82, 2.24) is 29.8 Å². The maximum absolute atomic E-state index is 11.1. The summed E-state index contributed by atoms with van der Waals surface area (Å²) in [5, 5.41) is 21.4. The summed E-state index contributed by atoms with van der Waals surface area (Å²) in [7, 11) is 0. The molecule has 26 heavy (non-hydrogen) atoms. The fourth-order valence-electron chi connectivity index (χ4n) is 2.52. The Morgan fingerprint density at radius 2 is 1.92 bits per heavy atom. The predicted molar refractivity (Wildman–Crippen MR) is 95.7 cm³/mol. The molecule has 0 aliphatic rings. The van der Waals surface area contributed by atoms with Crippen molar-refractivity contribution in [1.29, 1.82) is 0 Å². The summed E-state index contributed by atoms with van der Waals surface area (Å²) in [5.74, 6) is 0.0744. The molecule has 1 aromatic carbocycles. The molecule has 0 unspecified atom stereocenters. The number of rotatable bonds is 4. The van der Waals surface area contributed by atoms with E-state index in [1.165, 1.54) is 10.6 Å². The largest absolute Gasteiger partial charge is 0.476 e. The number of aromatic carboxylic acids is 1. The van der Waals surface area contributed by atoms with Gasteiger partial charge in [0.1, 0.15) is 0 Å². The lowest BCUT2D eigenvalue weighted by Gasteiger charge is -2.04. The van der Waals surface area contributed by atoms with Gasteiger partial charge in [-0.15, -0.1) is 10.2 Å². The van der Waals surface area contributed by atoms with Crippen LogP contribution in [0.5, 0.6) is 0 Å². The molecular weight excluding hydrogens is 400 g/mol. The Kier molecular flexibility index (Phi) is 4.13. The van der Waals surface area contributed by atoms with E-state index in [1.807, 2.05) is 24.3 Å². The van der Waals surface area contributed by atoms with Gasteiger partial charge in [0, 0.05) is 24.4 Å². The van der Waals surface area contributed by atoms with Crippen molar-refractivity contribution in [2.24, 2.45) is 0 Å². The highest BCUT2D eigenvalue weighted by atomic mass is 79.9. The summed E-state index contributed by atoms with van der Waals surface area (Å²) in [6.45, 7) is 0. The van der Waals surface area contributed by atoms with Gasteiger partial charge in [-0.05, 0) is 39.7 Å². The lowest BCUT2D eigenvalue weighted by atomic mass is 10.1. The Labute approximate surface area is 155 Å². The molecule has 8 nitrogen and oxygen atoms in total. The average Bonchev–Trinajstić information content (AvgIpc) is 3.04. The molecule has 9 heteroatoms. The van der Waals surface area contributed by atoms with Crippen LogP contribution in [0.25, 0.3) is 17.0 Å². The number of aromatic nitrogens is 6. The Bertz CT molecular complexity index is 1110. The summed E-state index contributed by atoms with van der Waals surface area (Å²) >= 11 is 3.32. The number of carbonyl (C=O) groups is 1. The number of benzene rings is 1. The molecule has 0 saturated carbocycles. The summed E-state index contributed by atoms with van der Waals surface area (Å²) in [6.07, 6.45) is 3.83. The fraction of sp³-hybridized carbons (Fsp3) is 0.0588. The van der Waals surface area contributed by atoms with Crippen LogP contribution in [-0.2, 0) is 6.42 Å². The highest BCUT2D eigenvalue weighted by molar-refractivity contribution is 9.10. The normalized spacial score (nSPS) is 11.0. The van der Waals surface area contributed by atoms with Gasteiger partial charge in [0.2, 0.25) is 0 Å². The molecule has 4 rings (SSSR count). The zero-order chi connectivity index (χ0) is 18.1. The molecule has 4 aromatic rings. The molecule has 3 aromatic heterocycles. The molecule has 0 radical (unpaired) electrons. The molecule has 3 heterocycles. The topological polar surface area (TPSA) is 106 Å². The molecule has 0 aliphatic carbocycles. The summed E-state index contributed by atoms with van der Waals surface area (Å²) in [4.78, 5) is 19.7. The van der Waals surface area contributed by atoms with Crippen molar-refractivity contribution < 1.29 is 9.90 Å². The van der Waals surface area contributed by atoms with Gasteiger partial charge >= 0.3 is 5.97 Å². The first-order valence-corrected chi connectivity index (χ1v) is 8.41. The van der Waals surface area contributed by atoms with E-state index in [9.17, 15) is 4.79 Å². The van der Waals surface area contributed by atoms with E-state index in [-0.39, 0.29) is 5.69 Å². The summed E-state index contributed by atoms with van der Waals surface area (Å²) < 4.78 is 2.26. The molecule has 1 N–H and O–H groups in total. The second-order valence-corrected chi connectivity index (χ2v) is 6.43. The minimum absolute atomic E-state index is 0.0597. The molecule has 0 amide bonds. The van der Waals surface area contributed by atoms with Crippen LogP contribution in [-0.4, -0.2) is 40.9 Å². The van der Waals surface area contributed by atoms with Crippen LogP contribution in [0.15, 0.2) is 53.3 Å². The van der Waals surface area contributed by atoms with Gasteiger partial charge in [0.05, 0.1) is 4.47 Å². The van der Waals surface area contributed by atoms with Crippen molar-refractivity contribution in [2.45, 2.75) is 6.42 Å². The van der Waals surface area contributed by atoms with Crippen LogP contribution in [0.1, 0.15) is 21.9 Å². The number of nitrogens with zero attached hydrogens (tertiary/aromatic N) is 6. The third-order valence-electron chi connectivity index (χ3n) is 3.71. The number of halogens is 1. The van der Waals surface area contributed by atoms with Gasteiger partial charge in [-0.3, -0.25) is 0 Å². The van der Waals surface area contributed by atoms with Crippen LogP contribution in [0, 0.1) is 0 Å². The standard InChI is InChI=1S/C17H11BrN6O2/c18-12-8-19-16(20-9-12)11-3-1-2-10(6-11)7-15-22-21-14-5-4-13(17(25)26)23-24(14)15/h1-6,8-9H,7H2,(H,25,26). The third kappa shape index (κ3) is 3.16. The first kappa shape index (κ1) is 16.3. The molecule has 0 spiro atoms. The third-order valence-corrected chi connectivity index (χ3v) is 4.12. The smallest absolute Gasteiger partial charge is 0.356 e. The molecule has 0 aliphatic heterocycles. The first-order valence-electron chi connectivity index (χ1n) is 7.61. The van der Waals surface area contributed by atoms with Crippen molar-refractivity contribution in [3.63, 3.8) is 0 Å². The maximum Gasteiger partial charge on any atom is 0.356 e. The fourth-order valence-corrected chi connectivity index (χ4v) is 2.73. The Morgan fingerprint density at radius 1 is 1.12 bits per heavy atom. The van der Waals surface area contributed by atoms with E-state index >= 15 is 0 Å². The molecule has 0 fully saturated rings. The monoisotopic (exact) mass is 410 g/mol. The van der Waals surface area contributed by atoms with Crippen molar-refractivity contribution in [3.8, 4) is 11.4 Å². The van der Waals surface area contributed by atoms with E-state index in [0.717, 1.165) is 15.6 Å². The van der Waals surface area contributed by atoms with Crippen LogP contribution in [0.2, 0.25) is 0 Å². The molecule has 128 valence electrons. The van der Waals surface area contributed by atoms with Crippen molar-refractivity contribution >= 4 is 27.5 Å². The van der Waals surface area contributed by atoms with E-state index in [4.69, 9.17) is 5.11 Å². The second-order valence-electron chi connectivity index (χ2n) is 5.51. The van der Waals surface area contributed by atoms with E-state index in [0.29, 0.717) is 23.7 Å². The quantitative estimate of drug-likeness (QED) is 0.550. The van der Waals surface area contributed by atoms with Crippen molar-refractivity contribution in [3.05, 3.63) is 70.3 Å². The van der Waals surface area contributed by atoms with E-state index in [2.05, 4.69) is 41.2 Å². The molecule has 0 bridgehead atoms. The molecular formula is C17H11BrN6O2. The lowest BCUT2D eigenvalue weighted by Crippen LogP contribution is -2.07. The highest BCUT2D eigenvalue weighted by Crippen LogP contribution is 2.19. The Balaban J connectivity index is 1.68. The number of carboxylic acid groups (broad SMARTS) is 1. The predicted octanol–water partition coefficient (Wildman–Crippen LogP) is 2.63. The van der Waals surface area contributed by atoms with Gasteiger partial charge in [-0.1, -0.05) is 18.2 Å².